The summed E-state index contributed by atoms with van der Waals surface area (Å²) in [5.74, 6) is 0. The van der Waals surface area contributed by atoms with Crippen molar-refractivity contribution in [1.29, 1.82) is 0 Å². The minimum absolute atomic E-state index is 0.880. The zero-order valence-corrected chi connectivity index (χ0v) is 11.7. The van der Waals surface area contributed by atoms with Crippen molar-refractivity contribution in [3.05, 3.63) is 78.4 Å². The maximum Gasteiger partial charge on any atom is 0.0704 e. The Hall–Kier alpha value is -2.67. The number of hydrogen-bond donors (Lipinski definition) is 0. The summed E-state index contributed by atoms with van der Waals surface area (Å²) in [7, 11) is 0. The molecule has 0 spiro atoms. The first kappa shape index (κ1) is 12.1. The Balaban J connectivity index is 2.04. The Labute approximate surface area is 124 Å². The van der Waals surface area contributed by atoms with Gasteiger partial charge in [0, 0.05) is 18.2 Å². The van der Waals surface area contributed by atoms with Gasteiger partial charge in [0.1, 0.15) is 0 Å². The first-order valence-electron chi connectivity index (χ1n) is 7.23. The van der Waals surface area contributed by atoms with E-state index in [4.69, 9.17) is 0 Å². The van der Waals surface area contributed by atoms with Crippen LogP contribution in [0.15, 0.2) is 77.8 Å². The number of benzene rings is 3. The highest BCUT2D eigenvalue weighted by molar-refractivity contribution is 5.94. The first-order chi connectivity index (χ1) is 10.4. The van der Waals surface area contributed by atoms with E-state index in [0.29, 0.717) is 0 Å². The van der Waals surface area contributed by atoms with Crippen molar-refractivity contribution in [3.8, 4) is 22.3 Å². The molecule has 0 fully saturated rings. The molecule has 1 nitrogen and oxygen atoms in total. The molecule has 4 rings (SSSR count). The number of nitrogens with zero attached hydrogens (tertiary/aromatic N) is 1. The fourth-order valence-corrected chi connectivity index (χ4v) is 2.99. The first-order valence-corrected chi connectivity index (χ1v) is 7.23. The van der Waals surface area contributed by atoms with Gasteiger partial charge in [0.05, 0.1) is 5.69 Å². The lowest BCUT2D eigenvalue weighted by molar-refractivity contribution is 1.37. The maximum atomic E-state index is 4.61. The lowest BCUT2D eigenvalue weighted by Gasteiger charge is -2.14. The zero-order chi connectivity index (χ0) is 14.1. The van der Waals surface area contributed by atoms with Crippen LogP contribution in [0.3, 0.4) is 0 Å². The van der Waals surface area contributed by atoms with E-state index < -0.39 is 0 Å². The summed E-state index contributed by atoms with van der Waals surface area (Å²) in [5.41, 5.74) is 7.47. The van der Waals surface area contributed by atoms with E-state index in [0.717, 1.165) is 12.1 Å². The molecule has 1 heteroatoms. The molecule has 3 aromatic rings. The van der Waals surface area contributed by atoms with Gasteiger partial charge in [-0.3, -0.25) is 4.99 Å². The molecule has 21 heavy (non-hydrogen) atoms. The third kappa shape index (κ3) is 2.07. The van der Waals surface area contributed by atoms with E-state index in [9.17, 15) is 0 Å². The lowest BCUT2D eigenvalue weighted by Crippen LogP contribution is -1.92. The monoisotopic (exact) mass is 269 g/mol. The lowest BCUT2D eigenvalue weighted by atomic mass is 9.89. The van der Waals surface area contributed by atoms with E-state index in [1.807, 2.05) is 12.3 Å². The van der Waals surface area contributed by atoms with Crippen LogP contribution in [0.1, 0.15) is 5.56 Å². The molecular formula is C20H15N. The zero-order valence-electron chi connectivity index (χ0n) is 11.7. The van der Waals surface area contributed by atoms with Gasteiger partial charge in [-0.15, -0.1) is 0 Å². The highest BCUT2D eigenvalue weighted by Crippen LogP contribution is 2.40. The molecule has 0 N–H and O–H groups in total. The maximum absolute atomic E-state index is 4.61. The minimum atomic E-state index is 0.880. The van der Waals surface area contributed by atoms with Gasteiger partial charge in [-0.25, -0.2) is 0 Å². The topological polar surface area (TPSA) is 12.4 Å². The minimum Gasteiger partial charge on any atom is -0.260 e. The van der Waals surface area contributed by atoms with Crippen LogP contribution in [0.4, 0.5) is 5.69 Å². The van der Waals surface area contributed by atoms with Crippen LogP contribution in [0, 0.1) is 0 Å². The molecule has 100 valence electrons. The summed E-state index contributed by atoms with van der Waals surface area (Å²) >= 11 is 0. The van der Waals surface area contributed by atoms with Crippen molar-refractivity contribution in [2.45, 2.75) is 6.42 Å². The number of para-hydroxylation sites is 1. The summed E-state index contributed by atoms with van der Waals surface area (Å²) in [5, 5.41) is 0. The average molecular weight is 269 g/mol. The van der Waals surface area contributed by atoms with E-state index >= 15 is 0 Å². The number of fused-ring (bicyclic) bond motifs is 3. The Morgan fingerprint density at radius 3 is 2.33 bits per heavy atom. The van der Waals surface area contributed by atoms with Gasteiger partial charge in [0.15, 0.2) is 0 Å². The molecule has 1 aliphatic rings. The van der Waals surface area contributed by atoms with Crippen LogP contribution in [-0.4, -0.2) is 6.21 Å². The molecule has 0 saturated carbocycles. The molecule has 0 atom stereocenters. The fraction of sp³-hybridized carbons (Fsp3) is 0.0500. The second kappa shape index (κ2) is 5.02. The normalized spacial score (nSPS) is 12.4. The van der Waals surface area contributed by atoms with Crippen LogP contribution < -0.4 is 0 Å². The van der Waals surface area contributed by atoms with Crippen molar-refractivity contribution in [1.82, 2.24) is 0 Å². The predicted octanol–water partition coefficient (Wildman–Crippen LogP) is 5.28. The summed E-state index contributed by atoms with van der Waals surface area (Å²) in [6, 6.07) is 25.5. The van der Waals surface area contributed by atoms with Gasteiger partial charge in [-0.1, -0.05) is 66.7 Å². The Morgan fingerprint density at radius 1 is 0.667 bits per heavy atom. The van der Waals surface area contributed by atoms with E-state index in [2.05, 4.69) is 71.7 Å². The molecule has 0 amide bonds. The van der Waals surface area contributed by atoms with E-state index in [1.165, 1.54) is 27.8 Å². The predicted molar refractivity (Wildman–Crippen MR) is 89.2 cm³/mol. The highest BCUT2D eigenvalue weighted by atomic mass is 14.7. The number of rotatable bonds is 1. The second-order valence-corrected chi connectivity index (χ2v) is 5.24. The van der Waals surface area contributed by atoms with Crippen molar-refractivity contribution < 1.29 is 0 Å². The van der Waals surface area contributed by atoms with Gasteiger partial charge >= 0.3 is 0 Å². The quantitative estimate of drug-likeness (QED) is 0.570. The Bertz CT molecular complexity index is 816. The fourth-order valence-electron chi connectivity index (χ4n) is 2.99. The van der Waals surface area contributed by atoms with E-state index in [1.54, 1.807) is 0 Å². The Morgan fingerprint density at radius 2 is 1.43 bits per heavy atom. The summed E-state index contributed by atoms with van der Waals surface area (Å²) < 4.78 is 0. The molecule has 1 heterocycles. The standard InChI is InChI=1S/C20H15N/c1-2-7-15(8-3-1)17-11-6-9-16-13-14-21-19-12-5-4-10-18(19)20(16)17/h1-12,14H,13H2. The van der Waals surface area contributed by atoms with Crippen LogP contribution in [-0.2, 0) is 6.42 Å². The van der Waals surface area contributed by atoms with Crippen molar-refractivity contribution >= 4 is 11.9 Å². The van der Waals surface area contributed by atoms with Gasteiger partial charge in [0.2, 0.25) is 0 Å². The van der Waals surface area contributed by atoms with Gasteiger partial charge < -0.3 is 0 Å². The molecule has 0 saturated heterocycles. The molecular weight excluding hydrogens is 254 g/mol. The van der Waals surface area contributed by atoms with Crippen molar-refractivity contribution in [2.24, 2.45) is 4.99 Å². The van der Waals surface area contributed by atoms with Crippen LogP contribution >= 0.6 is 0 Å². The molecule has 0 aliphatic carbocycles. The second-order valence-electron chi connectivity index (χ2n) is 5.24. The van der Waals surface area contributed by atoms with Crippen LogP contribution in [0.25, 0.3) is 22.3 Å². The summed E-state index contributed by atoms with van der Waals surface area (Å²) in [6.45, 7) is 0. The van der Waals surface area contributed by atoms with Crippen LogP contribution in [0.5, 0.6) is 0 Å². The highest BCUT2D eigenvalue weighted by Gasteiger charge is 2.16. The molecule has 1 aliphatic heterocycles. The third-order valence-corrected chi connectivity index (χ3v) is 3.95. The smallest absolute Gasteiger partial charge is 0.0704 e. The van der Waals surface area contributed by atoms with Crippen LogP contribution in [0.2, 0.25) is 0 Å². The summed E-state index contributed by atoms with van der Waals surface area (Å²) in [6.07, 6.45) is 2.89. The van der Waals surface area contributed by atoms with Gasteiger partial charge in [-0.2, -0.15) is 0 Å². The number of aliphatic imine (C=N–C) groups is 1. The van der Waals surface area contributed by atoms with E-state index in [-0.39, 0.29) is 0 Å². The van der Waals surface area contributed by atoms with Gasteiger partial charge in [0.25, 0.3) is 0 Å². The summed E-state index contributed by atoms with van der Waals surface area (Å²) in [4.78, 5) is 4.61. The van der Waals surface area contributed by atoms with Crippen molar-refractivity contribution in [3.63, 3.8) is 0 Å². The molecule has 3 aromatic carbocycles. The SMILES string of the molecule is C1=Nc2ccccc2-c2c(cccc2-c2ccccc2)C1. The van der Waals surface area contributed by atoms with Crippen molar-refractivity contribution in [2.75, 3.05) is 0 Å². The number of hydrogen-bond acceptors (Lipinski definition) is 1. The molecule has 0 radical (unpaired) electrons. The van der Waals surface area contributed by atoms with Gasteiger partial charge in [-0.05, 0) is 28.3 Å². The Kier molecular flexibility index (Phi) is 2.89. The molecule has 0 bridgehead atoms. The third-order valence-electron chi connectivity index (χ3n) is 3.95. The largest absolute Gasteiger partial charge is 0.260 e. The molecule has 0 aromatic heterocycles. The molecule has 0 unspecified atom stereocenters. The average Bonchev–Trinajstić information content (AvgIpc) is 2.75.